The number of urea groups is 1. The highest BCUT2D eigenvalue weighted by Crippen LogP contribution is 2.29. The lowest BCUT2D eigenvalue weighted by atomic mass is 10.1. The highest BCUT2D eigenvalue weighted by atomic mass is 35.5. The Morgan fingerprint density at radius 1 is 1.11 bits per heavy atom. The second-order valence-corrected chi connectivity index (χ2v) is 6.56. The van der Waals surface area contributed by atoms with Crippen LogP contribution in [0, 0.1) is 0 Å². The van der Waals surface area contributed by atoms with Gasteiger partial charge in [0.1, 0.15) is 5.75 Å². The van der Waals surface area contributed by atoms with Gasteiger partial charge in [-0.05, 0) is 49.7 Å². The van der Waals surface area contributed by atoms with E-state index in [2.05, 4.69) is 20.7 Å². The first-order valence-corrected chi connectivity index (χ1v) is 8.81. The van der Waals surface area contributed by atoms with Gasteiger partial charge in [0.25, 0.3) is 5.91 Å². The zero-order chi connectivity index (χ0) is 20.7. The third kappa shape index (κ3) is 6.70. The molecule has 3 amide bonds. The van der Waals surface area contributed by atoms with E-state index >= 15 is 0 Å². The van der Waals surface area contributed by atoms with Crippen molar-refractivity contribution in [3.63, 3.8) is 0 Å². The number of anilines is 1. The Balaban J connectivity index is 1.94. The molecule has 0 heterocycles. The first kappa shape index (κ1) is 21.4. The molecule has 9 heteroatoms. The number of carbonyl (C=O) groups excluding carboxylic acids is 2. The average Bonchev–Trinajstić information content (AvgIpc) is 2.62. The van der Waals surface area contributed by atoms with Crippen LogP contribution in [0.3, 0.4) is 0 Å². The minimum absolute atomic E-state index is 0.0376. The van der Waals surface area contributed by atoms with Crippen molar-refractivity contribution in [2.24, 2.45) is 0 Å². The second-order valence-electron chi connectivity index (χ2n) is 6.16. The zero-order valence-electron chi connectivity index (χ0n) is 15.3. The monoisotopic (exact) mass is 411 g/mol. The van der Waals surface area contributed by atoms with Crippen molar-refractivity contribution >= 4 is 29.2 Å². The van der Waals surface area contributed by atoms with Crippen molar-refractivity contribution in [1.82, 2.24) is 10.6 Å². The zero-order valence-corrected chi connectivity index (χ0v) is 16.0. The molecular formula is C19H20ClF2N3O3. The molecule has 150 valence electrons. The molecule has 2 rings (SSSR count). The van der Waals surface area contributed by atoms with Gasteiger partial charge in [-0.15, -0.1) is 0 Å². The van der Waals surface area contributed by atoms with E-state index in [1.165, 1.54) is 18.2 Å². The van der Waals surface area contributed by atoms with Gasteiger partial charge in [-0.1, -0.05) is 23.7 Å². The maximum absolute atomic E-state index is 12.3. The van der Waals surface area contributed by atoms with E-state index in [1.54, 1.807) is 24.3 Å². The van der Waals surface area contributed by atoms with Crippen LogP contribution in [0.5, 0.6) is 5.75 Å². The molecule has 0 saturated carbocycles. The molecule has 0 unspecified atom stereocenters. The summed E-state index contributed by atoms with van der Waals surface area (Å²) >= 11 is 5.87. The lowest BCUT2D eigenvalue weighted by molar-refractivity contribution is -0.0497. The summed E-state index contributed by atoms with van der Waals surface area (Å²) in [7, 11) is 0. The molecule has 0 spiro atoms. The smallest absolute Gasteiger partial charge is 0.387 e. The third-order valence-corrected chi connectivity index (χ3v) is 3.79. The lowest BCUT2D eigenvalue weighted by Gasteiger charge is -2.11. The van der Waals surface area contributed by atoms with Crippen LogP contribution in [0.25, 0.3) is 0 Å². The van der Waals surface area contributed by atoms with Crippen molar-refractivity contribution in [2.75, 3.05) is 5.32 Å². The molecule has 0 saturated heterocycles. The number of hydrogen-bond donors (Lipinski definition) is 3. The largest absolute Gasteiger partial charge is 0.433 e. The number of alkyl halides is 2. The molecule has 2 aromatic carbocycles. The number of carbonyl (C=O) groups is 2. The highest BCUT2D eigenvalue weighted by Gasteiger charge is 2.11. The third-order valence-electron chi connectivity index (χ3n) is 3.49. The molecule has 0 aliphatic heterocycles. The van der Waals surface area contributed by atoms with Gasteiger partial charge in [-0.25, -0.2) is 4.79 Å². The Hall–Kier alpha value is -2.87. The molecule has 28 heavy (non-hydrogen) atoms. The first-order valence-electron chi connectivity index (χ1n) is 8.43. The number of halogens is 3. The number of hydrogen-bond acceptors (Lipinski definition) is 3. The summed E-state index contributed by atoms with van der Waals surface area (Å²) in [5, 5.41) is 8.01. The fourth-order valence-electron chi connectivity index (χ4n) is 2.24. The maximum Gasteiger partial charge on any atom is 0.387 e. The van der Waals surface area contributed by atoms with Gasteiger partial charge in [0.05, 0.1) is 5.02 Å². The molecular weight excluding hydrogens is 392 g/mol. The van der Waals surface area contributed by atoms with E-state index < -0.39 is 12.5 Å². The van der Waals surface area contributed by atoms with Crippen LogP contribution in [0.4, 0.5) is 19.3 Å². The summed E-state index contributed by atoms with van der Waals surface area (Å²) in [6.45, 7) is 1.06. The summed E-state index contributed by atoms with van der Waals surface area (Å²) in [5.74, 6) is -0.566. The standard InChI is InChI=1S/C19H20ClF2N3O3/c1-11(2)24-19(27)23-10-12-3-5-13(6-4-12)17(26)25-14-7-8-16(15(20)9-14)28-18(21)22/h3-9,11,18H,10H2,1-2H3,(H,25,26)(H2,23,24,27). The van der Waals surface area contributed by atoms with E-state index in [-0.39, 0.29) is 22.8 Å². The maximum atomic E-state index is 12.3. The summed E-state index contributed by atoms with van der Waals surface area (Å²) in [4.78, 5) is 23.9. The predicted octanol–water partition coefficient (Wildman–Crippen LogP) is 4.40. The van der Waals surface area contributed by atoms with Gasteiger partial charge in [0.2, 0.25) is 0 Å². The molecule has 0 atom stereocenters. The topological polar surface area (TPSA) is 79.5 Å². The van der Waals surface area contributed by atoms with Crippen molar-refractivity contribution in [2.45, 2.75) is 33.0 Å². The van der Waals surface area contributed by atoms with E-state index in [9.17, 15) is 18.4 Å². The van der Waals surface area contributed by atoms with Crippen molar-refractivity contribution in [1.29, 1.82) is 0 Å². The fraction of sp³-hybridized carbons (Fsp3) is 0.263. The van der Waals surface area contributed by atoms with Gasteiger partial charge in [-0.2, -0.15) is 8.78 Å². The average molecular weight is 412 g/mol. The Labute approximate surface area is 166 Å². The SMILES string of the molecule is CC(C)NC(=O)NCc1ccc(C(=O)Nc2ccc(OC(F)F)c(Cl)c2)cc1. The van der Waals surface area contributed by atoms with E-state index in [1.807, 2.05) is 13.8 Å². The molecule has 0 aliphatic rings. The Morgan fingerprint density at radius 2 is 1.79 bits per heavy atom. The highest BCUT2D eigenvalue weighted by molar-refractivity contribution is 6.32. The minimum Gasteiger partial charge on any atom is -0.433 e. The van der Waals surface area contributed by atoms with Crippen molar-refractivity contribution in [3.05, 3.63) is 58.6 Å². The van der Waals surface area contributed by atoms with Gasteiger partial charge >= 0.3 is 12.6 Å². The Kier molecular flexibility index (Phi) is 7.57. The van der Waals surface area contributed by atoms with Crippen LogP contribution in [0.2, 0.25) is 5.02 Å². The van der Waals surface area contributed by atoms with Crippen molar-refractivity contribution in [3.8, 4) is 5.75 Å². The van der Waals surface area contributed by atoms with Crippen molar-refractivity contribution < 1.29 is 23.1 Å². The minimum atomic E-state index is -2.98. The van der Waals surface area contributed by atoms with Crippen LogP contribution < -0.4 is 20.7 Å². The Bertz CT molecular complexity index is 830. The molecule has 6 nitrogen and oxygen atoms in total. The van der Waals surface area contributed by atoms with Gasteiger partial charge in [0.15, 0.2) is 0 Å². The molecule has 0 bridgehead atoms. The first-order chi connectivity index (χ1) is 13.2. The summed E-state index contributed by atoms with van der Waals surface area (Å²) in [6, 6.07) is 10.4. The second kappa shape index (κ2) is 9.89. The summed E-state index contributed by atoms with van der Waals surface area (Å²) in [5.41, 5.74) is 1.55. The van der Waals surface area contributed by atoms with Crippen LogP contribution in [-0.4, -0.2) is 24.6 Å². The summed E-state index contributed by atoms with van der Waals surface area (Å²) in [6.07, 6.45) is 0. The van der Waals surface area contributed by atoms with E-state index in [4.69, 9.17) is 11.6 Å². The predicted molar refractivity (Wildman–Crippen MR) is 103 cm³/mol. The molecule has 0 radical (unpaired) electrons. The van der Waals surface area contributed by atoms with Crippen LogP contribution >= 0.6 is 11.6 Å². The van der Waals surface area contributed by atoms with Crippen LogP contribution in [0.1, 0.15) is 29.8 Å². The molecule has 0 fully saturated rings. The Morgan fingerprint density at radius 3 is 2.36 bits per heavy atom. The van der Waals surface area contributed by atoms with Gasteiger partial charge < -0.3 is 20.7 Å². The fourth-order valence-corrected chi connectivity index (χ4v) is 2.47. The lowest BCUT2D eigenvalue weighted by Crippen LogP contribution is -2.39. The molecule has 2 aromatic rings. The molecule has 0 aliphatic carbocycles. The van der Waals surface area contributed by atoms with Gasteiger partial charge in [-0.3, -0.25) is 4.79 Å². The quantitative estimate of drug-likeness (QED) is 0.631. The molecule has 3 N–H and O–H groups in total. The number of amides is 3. The normalized spacial score (nSPS) is 10.7. The number of benzene rings is 2. The summed E-state index contributed by atoms with van der Waals surface area (Å²) < 4.78 is 28.7. The number of nitrogens with one attached hydrogen (secondary N) is 3. The number of ether oxygens (including phenoxy) is 1. The van der Waals surface area contributed by atoms with E-state index in [0.29, 0.717) is 17.8 Å². The number of rotatable bonds is 7. The van der Waals surface area contributed by atoms with Crippen LogP contribution in [0.15, 0.2) is 42.5 Å². The van der Waals surface area contributed by atoms with Gasteiger partial charge in [0, 0.05) is 23.8 Å². The van der Waals surface area contributed by atoms with Crippen LogP contribution in [-0.2, 0) is 6.54 Å². The molecule has 0 aromatic heterocycles. The van der Waals surface area contributed by atoms with E-state index in [0.717, 1.165) is 5.56 Å².